The van der Waals surface area contributed by atoms with Gasteiger partial charge in [0.2, 0.25) is 0 Å². The van der Waals surface area contributed by atoms with Gasteiger partial charge in [-0.1, -0.05) is 20.3 Å². The largest absolute Gasteiger partial charge is 0.321 e. The van der Waals surface area contributed by atoms with Crippen molar-refractivity contribution in [2.45, 2.75) is 53.1 Å². The predicted octanol–water partition coefficient (Wildman–Crippen LogP) is 2.46. The van der Waals surface area contributed by atoms with Crippen molar-refractivity contribution in [3.05, 3.63) is 15.9 Å². The Kier molecular flexibility index (Phi) is 5.53. The maximum atomic E-state index is 12.2. The standard InChI is InChI=1S/C13H22BrN3O/c1-5-8(3)13(15)11(18)7-10-12(14)9(4)16-17(10)6-2/h8,13H,5-7,15H2,1-4H3. The van der Waals surface area contributed by atoms with Crippen LogP contribution in [0.25, 0.3) is 0 Å². The number of nitrogens with zero attached hydrogens (tertiary/aromatic N) is 2. The molecule has 2 N–H and O–H groups in total. The molecule has 1 aromatic heterocycles. The van der Waals surface area contributed by atoms with Crippen molar-refractivity contribution >= 4 is 21.7 Å². The van der Waals surface area contributed by atoms with Crippen molar-refractivity contribution in [2.75, 3.05) is 0 Å². The summed E-state index contributed by atoms with van der Waals surface area (Å²) in [5.74, 6) is 0.301. The number of aromatic nitrogens is 2. The van der Waals surface area contributed by atoms with Crippen molar-refractivity contribution in [3.63, 3.8) is 0 Å². The molecule has 0 spiro atoms. The van der Waals surface area contributed by atoms with Crippen LogP contribution in [0.5, 0.6) is 0 Å². The molecule has 4 nitrogen and oxygen atoms in total. The zero-order chi connectivity index (χ0) is 13.9. The van der Waals surface area contributed by atoms with Crippen molar-refractivity contribution in [2.24, 2.45) is 11.7 Å². The maximum absolute atomic E-state index is 12.2. The Hall–Kier alpha value is -0.680. The number of nitrogens with two attached hydrogens (primary N) is 1. The van der Waals surface area contributed by atoms with Crippen LogP contribution in [0.3, 0.4) is 0 Å². The summed E-state index contributed by atoms with van der Waals surface area (Å²) in [6.07, 6.45) is 1.26. The van der Waals surface area contributed by atoms with E-state index in [1.54, 1.807) is 0 Å². The smallest absolute Gasteiger partial charge is 0.155 e. The molecule has 0 fully saturated rings. The van der Waals surface area contributed by atoms with Gasteiger partial charge in [0.05, 0.1) is 28.3 Å². The summed E-state index contributed by atoms with van der Waals surface area (Å²) < 4.78 is 2.79. The van der Waals surface area contributed by atoms with E-state index in [1.807, 2.05) is 32.4 Å². The Bertz CT molecular complexity index is 428. The molecule has 18 heavy (non-hydrogen) atoms. The molecule has 0 aliphatic heterocycles. The van der Waals surface area contributed by atoms with Gasteiger partial charge in [0.15, 0.2) is 5.78 Å². The Balaban J connectivity index is 2.88. The number of ketones is 1. The normalized spacial score (nSPS) is 14.6. The first kappa shape index (κ1) is 15.4. The molecule has 0 saturated heterocycles. The summed E-state index contributed by atoms with van der Waals surface area (Å²) in [6, 6.07) is -0.387. The summed E-state index contributed by atoms with van der Waals surface area (Å²) in [6.45, 7) is 8.77. The summed E-state index contributed by atoms with van der Waals surface area (Å²) in [7, 11) is 0. The fourth-order valence-corrected chi connectivity index (χ4v) is 2.32. The van der Waals surface area contributed by atoms with E-state index in [9.17, 15) is 4.79 Å². The number of carbonyl (C=O) groups is 1. The first-order valence-electron chi connectivity index (χ1n) is 6.42. The number of rotatable bonds is 6. The van der Waals surface area contributed by atoms with Gasteiger partial charge in [0.25, 0.3) is 0 Å². The molecule has 1 rings (SSSR count). The van der Waals surface area contributed by atoms with E-state index < -0.39 is 0 Å². The summed E-state index contributed by atoms with van der Waals surface area (Å²) >= 11 is 3.50. The fraction of sp³-hybridized carbons (Fsp3) is 0.692. The Labute approximate surface area is 117 Å². The van der Waals surface area contributed by atoms with Gasteiger partial charge in [-0.05, 0) is 35.7 Å². The molecule has 1 aromatic rings. The average molecular weight is 316 g/mol. The third-order valence-corrected chi connectivity index (χ3v) is 4.45. The van der Waals surface area contributed by atoms with Crippen LogP contribution in [0.4, 0.5) is 0 Å². The van der Waals surface area contributed by atoms with Gasteiger partial charge in [-0.3, -0.25) is 9.48 Å². The van der Waals surface area contributed by atoms with E-state index in [4.69, 9.17) is 5.73 Å². The molecule has 0 bridgehead atoms. The minimum absolute atomic E-state index is 0.0830. The highest BCUT2D eigenvalue weighted by atomic mass is 79.9. The molecule has 2 atom stereocenters. The van der Waals surface area contributed by atoms with Crippen LogP contribution >= 0.6 is 15.9 Å². The Morgan fingerprint density at radius 3 is 2.61 bits per heavy atom. The van der Waals surface area contributed by atoms with E-state index in [1.165, 1.54) is 0 Å². The van der Waals surface area contributed by atoms with Crippen LogP contribution in [0.1, 0.15) is 38.6 Å². The second kappa shape index (κ2) is 6.48. The van der Waals surface area contributed by atoms with Crippen molar-refractivity contribution in [3.8, 4) is 0 Å². The number of hydrogen-bond donors (Lipinski definition) is 1. The van der Waals surface area contributed by atoms with Crippen LogP contribution in [0.15, 0.2) is 4.47 Å². The van der Waals surface area contributed by atoms with Gasteiger partial charge in [0, 0.05) is 6.54 Å². The number of carbonyl (C=O) groups excluding carboxylic acids is 1. The lowest BCUT2D eigenvalue weighted by atomic mass is 9.94. The van der Waals surface area contributed by atoms with E-state index in [-0.39, 0.29) is 17.7 Å². The molecule has 0 amide bonds. The molecule has 1 heterocycles. The molecule has 0 aliphatic carbocycles. The monoisotopic (exact) mass is 315 g/mol. The minimum Gasteiger partial charge on any atom is -0.321 e. The quantitative estimate of drug-likeness (QED) is 0.877. The van der Waals surface area contributed by atoms with Crippen LogP contribution < -0.4 is 5.73 Å². The number of aryl methyl sites for hydroxylation is 2. The summed E-state index contributed by atoms with van der Waals surface area (Å²) in [5.41, 5.74) is 7.82. The van der Waals surface area contributed by atoms with Crippen LogP contribution in [0.2, 0.25) is 0 Å². The average Bonchev–Trinajstić information content (AvgIpc) is 2.64. The first-order chi connectivity index (χ1) is 8.42. The molecular formula is C13H22BrN3O. The lowest BCUT2D eigenvalue weighted by Gasteiger charge is -2.17. The zero-order valence-corrected chi connectivity index (χ0v) is 13.1. The Morgan fingerprint density at radius 2 is 2.11 bits per heavy atom. The SMILES string of the molecule is CCC(C)C(N)C(=O)Cc1c(Br)c(C)nn1CC. The molecule has 5 heteroatoms. The molecule has 2 unspecified atom stereocenters. The summed E-state index contributed by atoms with van der Waals surface area (Å²) in [5, 5.41) is 4.38. The number of Topliss-reactive ketones (excluding diaryl/α,β-unsaturated/α-hetero) is 1. The van der Waals surface area contributed by atoms with E-state index >= 15 is 0 Å². The zero-order valence-electron chi connectivity index (χ0n) is 11.5. The van der Waals surface area contributed by atoms with Gasteiger partial charge in [-0.25, -0.2) is 0 Å². The van der Waals surface area contributed by atoms with Crippen LogP contribution in [-0.4, -0.2) is 21.6 Å². The second-order valence-corrected chi connectivity index (χ2v) is 5.51. The molecule has 0 aromatic carbocycles. The third kappa shape index (κ3) is 3.20. The third-order valence-electron chi connectivity index (χ3n) is 3.42. The molecular weight excluding hydrogens is 294 g/mol. The lowest BCUT2D eigenvalue weighted by Crippen LogP contribution is -2.38. The van der Waals surface area contributed by atoms with Gasteiger partial charge >= 0.3 is 0 Å². The van der Waals surface area contributed by atoms with Gasteiger partial charge in [-0.2, -0.15) is 5.10 Å². The van der Waals surface area contributed by atoms with Crippen LogP contribution in [0, 0.1) is 12.8 Å². The van der Waals surface area contributed by atoms with Gasteiger partial charge in [-0.15, -0.1) is 0 Å². The van der Waals surface area contributed by atoms with Crippen molar-refractivity contribution < 1.29 is 4.79 Å². The minimum atomic E-state index is -0.387. The van der Waals surface area contributed by atoms with Gasteiger partial charge < -0.3 is 5.73 Å². The second-order valence-electron chi connectivity index (χ2n) is 4.72. The van der Waals surface area contributed by atoms with Crippen molar-refractivity contribution in [1.29, 1.82) is 0 Å². The maximum Gasteiger partial charge on any atom is 0.155 e. The molecule has 102 valence electrons. The topological polar surface area (TPSA) is 60.9 Å². The highest BCUT2D eigenvalue weighted by Crippen LogP contribution is 2.22. The predicted molar refractivity (Wildman–Crippen MR) is 76.5 cm³/mol. The summed E-state index contributed by atoms with van der Waals surface area (Å²) in [4.78, 5) is 12.2. The Morgan fingerprint density at radius 1 is 1.50 bits per heavy atom. The highest BCUT2D eigenvalue weighted by molar-refractivity contribution is 9.10. The van der Waals surface area contributed by atoms with Gasteiger partial charge in [0.1, 0.15) is 0 Å². The van der Waals surface area contributed by atoms with E-state index in [2.05, 4.69) is 21.0 Å². The van der Waals surface area contributed by atoms with E-state index in [0.717, 1.165) is 28.8 Å². The first-order valence-corrected chi connectivity index (χ1v) is 7.21. The molecule has 0 radical (unpaired) electrons. The molecule has 0 saturated carbocycles. The lowest BCUT2D eigenvalue weighted by molar-refractivity contribution is -0.120. The van der Waals surface area contributed by atoms with E-state index in [0.29, 0.717) is 6.42 Å². The molecule has 0 aliphatic rings. The van der Waals surface area contributed by atoms with Crippen LogP contribution in [-0.2, 0) is 17.8 Å². The fourth-order valence-electron chi connectivity index (χ4n) is 1.89. The number of hydrogen-bond acceptors (Lipinski definition) is 3. The van der Waals surface area contributed by atoms with Crippen molar-refractivity contribution in [1.82, 2.24) is 9.78 Å². The highest BCUT2D eigenvalue weighted by Gasteiger charge is 2.23. The number of halogens is 1.